The van der Waals surface area contributed by atoms with Crippen LogP contribution in [0.4, 0.5) is 0 Å². The lowest BCUT2D eigenvalue weighted by molar-refractivity contribution is 0.479. The van der Waals surface area contributed by atoms with E-state index in [1.54, 1.807) is 12.3 Å². The molecule has 0 saturated heterocycles. The topological polar surface area (TPSA) is 91.3 Å². The van der Waals surface area contributed by atoms with Gasteiger partial charge in [0.1, 0.15) is 5.75 Å². The van der Waals surface area contributed by atoms with E-state index >= 15 is 0 Å². The van der Waals surface area contributed by atoms with Crippen LogP contribution < -0.4 is 10.0 Å². The van der Waals surface area contributed by atoms with Gasteiger partial charge in [0.05, 0.1) is 11.1 Å². The Hall–Kier alpha value is -1.90. The molecular weight excluding hydrogens is 433 g/mol. The van der Waals surface area contributed by atoms with Gasteiger partial charge in [-0.1, -0.05) is 36.4 Å². The number of sulfonamides is 1. The summed E-state index contributed by atoms with van der Waals surface area (Å²) < 4.78 is 27.9. The average molecular weight is 458 g/mol. The van der Waals surface area contributed by atoms with Crippen LogP contribution >= 0.6 is 24.8 Å². The molecule has 9 heteroatoms. The normalized spacial score (nSPS) is 12.0. The van der Waals surface area contributed by atoms with Gasteiger partial charge in [0.2, 0.25) is 10.0 Å². The lowest BCUT2D eigenvalue weighted by Gasteiger charge is -2.15. The molecule has 0 radical (unpaired) electrons. The van der Waals surface area contributed by atoms with Crippen molar-refractivity contribution in [3.63, 3.8) is 0 Å². The van der Waals surface area contributed by atoms with Gasteiger partial charge in [-0.2, -0.15) is 0 Å². The molecular formula is C20H25Cl2N3O3S. The van der Waals surface area contributed by atoms with Gasteiger partial charge in [0, 0.05) is 29.6 Å². The van der Waals surface area contributed by atoms with Crippen molar-refractivity contribution in [2.75, 3.05) is 13.1 Å². The molecule has 3 aromatic rings. The van der Waals surface area contributed by atoms with Crippen LogP contribution in [-0.2, 0) is 16.4 Å². The van der Waals surface area contributed by atoms with E-state index < -0.39 is 10.0 Å². The fourth-order valence-corrected chi connectivity index (χ4v) is 4.13. The largest absolute Gasteiger partial charge is 0.506 e. The summed E-state index contributed by atoms with van der Waals surface area (Å²) in [6.45, 7) is 3.11. The highest BCUT2D eigenvalue weighted by molar-refractivity contribution is 7.89. The molecule has 3 N–H and O–H groups in total. The molecule has 0 fully saturated rings. The van der Waals surface area contributed by atoms with Crippen LogP contribution in [0.2, 0.25) is 0 Å². The second kappa shape index (κ2) is 11.3. The third kappa shape index (κ3) is 6.83. The minimum Gasteiger partial charge on any atom is -0.506 e. The summed E-state index contributed by atoms with van der Waals surface area (Å²) in [6.07, 6.45) is 3.77. The van der Waals surface area contributed by atoms with Crippen LogP contribution in [0.15, 0.2) is 65.8 Å². The molecule has 29 heavy (non-hydrogen) atoms. The molecule has 2 aromatic carbocycles. The Morgan fingerprint density at radius 3 is 2.52 bits per heavy atom. The smallest absolute Gasteiger partial charge is 0.240 e. The third-order valence-electron chi connectivity index (χ3n) is 4.26. The predicted molar refractivity (Wildman–Crippen MR) is 121 cm³/mol. The second-order valence-electron chi connectivity index (χ2n) is 6.50. The van der Waals surface area contributed by atoms with Gasteiger partial charge >= 0.3 is 0 Å². The summed E-state index contributed by atoms with van der Waals surface area (Å²) in [5.74, 6) is -0.0415. The number of aromatic hydroxyl groups is 1. The van der Waals surface area contributed by atoms with Gasteiger partial charge in [0.25, 0.3) is 0 Å². The number of hydrogen-bond donors (Lipinski definition) is 3. The fourth-order valence-electron chi connectivity index (χ4n) is 2.87. The maximum Gasteiger partial charge on any atom is 0.240 e. The maximum atomic E-state index is 12.6. The average Bonchev–Trinajstić information content (AvgIpc) is 2.66. The highest BCUT2D eigenvalue weighted by Crippen LogP contribution is 2.25. The van der Waals surface area contributed by atoms with Crippen LogP contribution in [0.1, 0.15) is 12.5 Å². The molecule has 0 saturated carbocycles. The summed E-state index contributed by atoms with van der Waals surface area (Å²) in [5, 5.41) is 14.3. The van der Waals surface area contributed by atoms with Crippen molar-refractivity contribution >= 4 is 45.6 Å². The molecule has 6 nitrogen and oxygen atoms in total. The number of rotatable bonds is 8. The summed E-state index contributed by atoms with van der Waals surface area (Å²) in [4.78, 5) is 4.01. The molecule has 1 heterocycles. The van der Waals surface area contributed by atoms with E-state index in [-0.39, 0.29) is 41.5 Å². The number of benzene rings is 2. The van der Waals surface area contributed by atoms with Crippen molar-refractivity contribution in [1.29, 1.82) is 0 Å². The van der Waals surface area contributed by atoms with Crippen molar-refractivity contribution in [3.8, 4) is 5.75 Å². The SMILES string of the molecule is CC(CNCCc1ccccc1)NS(=O)(=O)c1ccc2cncc(O)c2c1.Cl.Cl. The zero-order valence-electron chi connectivity index (χ0n) is 15.9. The molecule has 1 aromatic heterocycles. The Kier molecular flexibility index (Phi) is 9.82. The number of nitrogens with zero attached hydrogens (tertiary/aromatic N) is 1. The molecule has 0 aliphatic heterocycles. The van der Waals surface area contributed by atoms with E-state index in [1.807, 2.05) is 25.1 Å². The van der Waals surface area contributed by atoms with Gasteiger partial charge in [-0.15, -0.1) is 24.8 Å². The lowest BCUT2D eigenvalue weighted by atomic mass is 10.1. The number of aromatic nitrogens is 1. The summed E-state index contributed by atoms with van der Waals surface area (Å²) >= 11 is 0. The molecule has 3 rings (SSSR count). The maximum absolute atomic E-state index is 12.6. The first-order chi connectivity index (χ1) is 13.0. The Bertz CT molecular complexity index is 1020. The van der Waals surface area contributed by atoms with E-state index in [4.69, 9.17) is 0 Å². The zero-order chi connectivity index (χ0) is 19.3. The number of halogens is 2. The summed E-state index contributed by atoms with van der Waals surface area (Å²) in [5.41, 5.74) is 1.24. The quantitative estimate of drug-likeness (QED) is 0.451. The molecule has 158 valence electrons. The fraction of sp³-hybridized carbons (Fsp3) is 0.250. The first-order valence-corrected chi connectivity index (χ1v) is 10.3. The van der Waals surface area contributed by atoms with Gasteiger partial charge in [0.15, 0.2) is 0 Å². The second-order valence-corrected chi connectivity index (χ2v) is 8.22. The molecule has 0 spiro atoms. The monoisotopic (exact) mass is 457 g/mol. The van der Waals surface area contributed by atoms with Crippen molar-refractivity contribution in [3.05, 3.63) is 66.5 Å². The number of nitrogens with one attached hydrogen (secondary N) is 2. The Balaban J connectivity index is 0.00000210. The molecule has 1 unspecified atom stereocenters. The van der Waals surface area contributed by atoms with E-state index in [1.165, 1.54) is 23.9 Å². The van der Waals surface area contributed by atoms with Crippen LogP contribution in [0.3, 0.4) is 0 Å². The van der Waals surface area contributed by atoms with Crippen molar-refractivity contribution in [1.82, 2.24) is 15.0 Å². The molecule has 0 bridgehead atoms. The Labute approximate surface area is 183 Å². The van der Waals surface area contributed by atoms with Crippen molar-refractivity contribution in [2.45, 2.75) is 24.3 Å². The van der Waals surface area contributed by atoms with Crippen LogP contribution in [0, 0.1) is 0 Å². The molecule has 0 aliphatic carbocycles. The van der Waals surface area contributed by atoms with E-state index in [0.717, 1.165) is 13.0 Å². The molecule has 0 aliphatic rings. The van der Waals surface area contributed by atoms with Gasteiger partial charge in [-0.25, -0.2) is 13.1 Å². The van der Waals surface area contributed by atoms with Crippen molar-refractivity contribution < 1.29 is 13.5 Å². The molecule has 1 atom stereocenters. The minimum atomic E-state index is -3.68. The number of hydrogen-bond acceptors (Lipinski definition) is 5. The van der Waals surface area contributed by atoms with E-state index in [9.17, 15) is 13.5 Å². The minimum absolute atomic E-state index is 0. The lowest BCUT2D eigenvalue weighted by Crippen LogP contribution is -2.40. The highest BCUT2D eigenvalue weighted by atomic mass is 35.5. The standard InChI is InChI=1S/C20H23N3O3S.2ClH/c1-15(12-21-10-9-16-5-3-2-4-6-16)23-27(25,26)18-8-7-17-13-22-14-20(24)19(17)11-18;;/h2-8,11,13-15,21,23-24H,9-10,12H2,1H3;2*1H. The predicted octanol–water partition coefficient (Wildman–Crippen LogP) is 3.28. The third-order valence-corrected chi connectivity index (χ3v) is 5.85. The van der Waals surface area contributed by atoms with Gasteiger partial charge < -0.3 is 10.4 Å². The highest BCUT2D eigenvalue weighted by Gasteiger charge is 2.18. The Morgan fingerprint density at radius 2 is 1.79 bits per heavy atom. The van der Waals surface area contributed by atoms with Crippen molar-refractivity contribution in [2.24, 2.45) is 0 Å². The number of pyridine rings is 1. The Morgan fingerprint density at radius 1 is 1.07 bits per heavy atom. The first-order valence-electron chi connectivity index (χ1n) is 8.79. The van der Waals surface area contributed by atoms with Crippen LogP contribution in [0.5, 0.6) is 5.75 Å². The zero-order valence-corrected chi connectivity index (χ0v) is 18.4. The van der Waals surface area contributed by atoms with Crippen LogP contribution in [0.25, 0.3) is 10.8 Å². The van der Waals surface area contributed by atoms with Crippen LogP contribution in [-0.4, -0.2) is 37.6 Å². The first kappa shape index (κ1) is 25.1. The summed E-state index contributed by atoms with van der Waals surface area (Å²) in [6, 6.07) is 14.5. The van der Waals surface area contributed by atoms with Gasteiger partial charge in [-0.3, -0.25) is 4.98 Å². The van der Waals surface area contributed by atoms with E-state index in [2.05, 4.69) is 27.2 Å². The van der Waals surface area contributed by atoms with Gasteiger partial charge in [-0.05, 0) is 37.6 Å². The number of fused-ring (bicyclic) bond motifs is 1. The van der Waals surface area contributed by atoms with E-state index in [0.29, 0.717) is 17.3 Å². The summed E-state index contributed by atoms with van der Waals surface area (Å²) in [7, 11) is -3.68. The molecule has 0 amide bonds.